The molecule has 25 heavy (non-hydrogen) atoms. The van der Waals surface area contributed by atoms with E-state index in [1.54, 1.807) is 17.3 Å². The molecule has 0 spiro atoms. The average molecular weight is 338 g/mol. The molecule has 1 aliphatic heterocycles. The minimum atomic E-state index is -0.104. The van der Waals surface area contributed by atoms with Crippen molar-refractivity contribution in [3.63, 3.8) is 0 Å². The van der Waals surface area contributed by atoms with Crippen molar-refractivity contribution in [1.82, 2.24) is 20.5 Å². The summed E-state index contributed by atoms with van der Waals surface area (Å²) in [6, 6.07) is 12.0. The number of pyridine rings is 1. The van der Waals surface area contributed by atoms with E-state index >= 15 is 0 Å². The lowest BCUT2D eigenvalue weighted by Crippen LogP contribution is -2.62. The third-order valence-electron chi connectivity index (χ3n) is 4.34. The van der Waals surface area contributed by atoms with E-state index in [4.69, 9.17) is 0 Å². The number of hydrogen-bond donors (Lipinski definition) is 2. The summed E-state index contributed by atoms with van der Waals surface area (Å²) >= 11 is 0. The summed E-state index contributed by atoms with van der Waals surface area (Å²) < 4.78 is 0. The summed E-state index contributed by atoms with van der Waals surface area (Å²) in [6.45, 7) is 4.56. The SMILES string of the molecule is CC(=O)NC1CN(C(=O)NC(C)c2ccc(-c3ccncc3)cc2)C1. The van der Waals surface area contributed by atoms with Gasteiger partial charge < -0.3 is 15.5 Å². The fourth-order valence-electron chi connectivity index (χ4n) is 2.89. The highest BCUT2D eigenvalue weighted by Crippen LogP contribution is 2.21. The van der Waals surface area contributed by atoms with Crippen LogP contribution in [-0.2, 0) is 4.79 Å². The molecule has 1 unspecified atom stereocenters. The average Bonchev–Trinajstić information content (AvgIpc) is 2.58. The Labute approximate surface area is 147 Å². The molecule has 1 aromatic carbocycles. The number of carbonyl (C=O) groups is 2. The highest BCUT2D eigenvalue weighted by atomic mass is 16.2. The number of aromatic nitrogens is 1. The molecular weight excluding hydrogens is 316 g/mol. The minimum absolute atomic E-state index is 0.0623. The third-order valence-corrected chi connectivity index (χ3v) is 4.34. The topological polar surface area (TPSA) is 74.3 Å². The van der Waals surface area contributed by atoms with Crippen LogP contribution in [-0.4, -0.2) is 41.0 Å². The normalized spacial score (nSPS) is 15.2. The third kappa shape index (κ3) is 4.15. The first kappa shape index (κ1) is 17.0. The predicted octanol–water partition coefficient (Wildman–Crippen LogP) is 2.34. The van der Waals surface area contributed by atoms with Crippen molar-refractivity contribution < 1.29 is 9.59 Å². The first-order chi connectivity index (χ1) is 12.0. The molecule has 1 saturated heterocycles. The Hall–Kier alpha value is -2.89. The van der Waals surface area contributed by atoms with Crippen LogP contribution >= 0.6 is 0 Å². The van der Waals surface area contributed by atoms with Gasteiger partial charge in [0.15, 0.2) is 0 Å². The van der Waals surface area contributed by atoms with Gasteiger partial charge in [0.25, 0.3) is 0 Å². The lowest BCUT2D eigenvalue weighted by Gasteiger charge is -2.39. The number of nitrogens with zero attached hydrogens (tertiary/aromatic N) is 2. The minimum Gasteiger partial charge on any atom is -0.350 e. The molecule has 1 fully saturated rings. The van der Waals surface area contributed by atoms with Gasteiger partial charge in [-0.25, -0.2) is 4.79 Å². The molecule has 1 atom stereocenters. The van der Waals surface area contributed by atoms with Crippen LogP contribution < -0.4 is 10.6 Å². The van der Waals surface area contributed by atoms with Crippen LogP contribution in [0.3, 0.4) is 0 Å². The first-order valence-electron chi connectivity index (χ1n) is 8.36. The number of urea groups is 1. The van der Waals surface area contributed by atoms with Crippen molar-refractivity contribution in [2.75, 3.05) is 13.1 Å². The molecule has 2 N–H and O–H groups in total. The molecular formula is C19H22N4O2. The van der Waals surface area contributed by atoms with Crippen LogP contribution in [0.1, 0.15) is 25.5 Å². The molecule has 0 bridgehead atoms. The number of carbonyl (C=O) groups excluding carboxylic acids is 2. The monoisotopic (exact) mass is 338 g/mol. The lowest BCUT2D eigenvalue weighted by atomic mass is 10.0. The summed E-state index contributed by atoms with van der Waals surface area (Å²) in [4.78, 5) is 28.9. The molecule has 0 radical (unpaired) electrons. The fraction of sp³-hybridized carbons (Fsp3) is 0.316. The van der Waals surface area contributed by atoms with Crippen molar-refractivity contribution in [2.45, 2.75) is 25.9 Å². The zero-order valence-electron chi connectivity index (χ0n) is 14.4. The molecule has 1 aliphatic rings. The number of amides is 3. The van der Waals surface area contributed by atoms with E-state index in [2.05, 4.69) is 15.6 Å². The standard InChI is InChI=1S/C19H22N4O2/c1-13(21-19(25)23-11-18(12-23)22-14(2)24)15-3-5-16(6-4-15)17-7-9-20-10-8-17/h3-10,13,18H,11-12H2,1-2H3,(H,21,25)(H,22,24). The van der Waals surface area contributed by atoms with E-state index in [1.165, 1.54) is 6.92 Å². The van der Waals surface area contributed by atoms with E-state index < -0.39 is 0 Å². The van der Waals surface area contributed by atoms with Gasteiger partial charge in [-0.1, -0.05) is 24.3 Å². The second kappa shape index (κ2) is 7.34. The Morgan fingerprint density at radius 2 is 1.68 bits per heavy atom. The molecule has 6 heteroatoms. The molecule has 3 amide bonds. The molecule has 130 valence electrons. The Bertz CT molecular complexity index is 740. The zero-order valence-corrected chi connectivity index (χ0v) is 14.4. The van der Waals surface area contributed by atoms with Crippen LogP contribution in [0.25, 0.3) is 11.1 Å². The summed E-state index contributed by atoms with van der Waals surface area (Å²) in [5, 5.41) is 5.80. The summed E-state index contributed by atoms with van der Waals surface area (Å²) in [5.41, 5.74) is 3.28. The van der Waals surface area contributed by atoms with Gasteiger partial charge in [-0.2, -0.15) is 0 Å². The van der Waals surface area contributed by atoms with Gasteiger partial charge in [-0.05, 0) is 35.7 Å². The van der Waals surface area contributed by atoms with Crippen LogP contribution in [0.2, 0.25) is 0 Å². The lowest BCUT2D eigenvalue weighted by molar-refractivity contribution is -0.120. The quantitative estimate of drug-likeness (QED) is 0.898. The highest BCUT2D eigenvalue weighted by Gasteiger charge is 2.31. The van der Waals surface area contributed by atoms with E-state index in [0.29, 0.717) is 13.1 Å². The van der Waals surface area contributed by atoms with Crippen molar-refractivity contribution in [3.8, 4) is 11.1 Å². The highest BCUT2D eigenvalue weighted by molar-refractivity contribution is 5.77. The maximum Gasteiger partial charge on any atom is 0.318 e. The number of nitrogens with one attached hydrogen (secondary N) is 2. The molecule has 1 aromatic heterocycles. The van der Waals surface area contributed by atoms with Gasteiger partial charge in [0.05, 0.1) is 12.1 Å². The second-order valence-corrected chi connectivity index (χ2v) is 6.33. The van der Waals surface area contributed by atoms with Gasteiger partial charge in [0.2, 0.25) is 5.91 Å². The number of hydrogen-bond acceptors (Lipinski definition) is 3. The maximum absolute atomic E-state index is 12.2. The van der Waals surface area contributed by atoms with Crippen LogP contribution in [0, 0.1) is 0 Å². The Kier molecular flexibility index (Phi) is 4.97. The van der Waals surface area contributed by atoms with E-state index in [9.17, 15) is 9.59 Å². The van der Waals surface area contributed by atoms with Gasteiger partial charge >= 0.3 is 6.03 Å². The van der Waals surface area contributed by atoms with E-state index in [-0.39, 0.29) is 24.0 Å². The smallest absolute Gasteiger partial charge is 0.318 e. The fourth-order valence-corrected chi connectivity index (χ4v) is 2.89. The van der Waals surface area contributed by atoms with Crippen molar-refractivity contribution >= 4 is 11.9 Å². The van der Waals surface area contributed by atoms with Crippen molar-refractivity contribution in [1.29, 1.82) is 0 Å². The Morgan fingerprint density at radius 1 is 1.08 bits per heavy atom. The van der Waals surface area contributed by atoms with Gasteiger partial charge in [0.1, 0.15) is 0 Å². The Balaban J connectivity index is 1.54. The van der Waals surface area contributed by atoms with Gasteiger partial charge in [0, 0.05) is 32.4 Å². The van der Waals surface area contributed by atoms with Gasteiger partial charge in [-0.15, -0.1) is 0 Å². The number of rotatable bonds is 4. The van der Waals surface area contributed by atoms with Crippen LogP contribution in [0.4, 0.5) is 4.79 Å². The summed E-state index contributed by atoms with van der Waals surface area (Å²) in [6.07, 6.45) is 3.54. The summed E-state index contributed by atoms with van der Waals surface area (Å²) in [5.74, 6) is -0.0623. The molecule has 6 nitrogen and oxygen atoms in total. The largest absolute Gasteiger partial charge is 0.350 e. The number of likely N-dealkylation sites (tertiary alicyclic amines) is 1. The van der Waals surface area contributed by atoms with Crippen LogP contribution in [0.15, 0.2) is 48.8 Å². The first-order valence-corrected chi connectivity index (χ1v) is 8.36. The van der Waals surface area contributed by atoms with Crippen LogP contribution in [0.5, 0.6) is 0 Å². The molecule has 2 aromatic rings. The van der Waals surface area contributed by atoms with E-state index in [0.717, 1.165) is 16.7 Å². The molecule has 3 rings (SSSR count). The van der Waals surface area contributed by atoms with Crippen molar-refractivity contribution in [3.05, 3.63) is 54.4 Å². The second-order valence-electron chi connectivity index (χ2n) is 6.33. The molecule has 0 aliphatic carbocycles. The van der Waals surface area contributed by atoms with E-state index in [1.807, 2.05) is 43.3 Å². The maximum atomic E-state index is 12.2. The van der Waals surface area contributed by atoms with Crippen molar-refractivity contribution in [2.24, 2.45) is 0 Å². The molecule has 0 saturated carbocycles. The number of benzene rings is 1. The van der Waals surface area contributed by atoms with Gasteiger partial charge in [-0.3, -0.25) is 9.78 Å². The Morgan fingerprint density at radius 3 is 2.28 bits per heavy atom. The molecule has 2 heterocycles. The summed E-state index contributed by atoms with van der Waals surface area (Å²) in [7, 11) is 0. The zero-order chi connectivity index (χ0) is 17.8. The predicted molar refractivity (Wildman–Crippen MR) is 95.8 cm³/mol.